The number of nitrogens with zero attached hydrogens (tertiary/aromatic N) is 1. The SMILES string of the molecule is COC1=CC=C(/C(=C\N(C=C(c2ccc(OC)cc2)c2ccc(OC)cc2)C2=CC3=C(CC2)c2ccccc2C32c3ccccc3-c3ccccc32)c2ccc(OC)cc2)CC#C1. The quantitative estimate of drug-likeness (QED) is 0.122. The molecule has 0 bridgehead atoms. The molecule has 6 aromatic rings. The Hall–Kier alpha value is -7.68. The highest BCUT2D eigenvalue weighted by molar-refractivity contribution is 5.96. The van der Waals surface area contributed by atoms with Crippen molar-refractivity contribution in [2.24, 2.45) is 0 Å². The zero-order valence-electron chi connectivity index (χ0n) is 35.9. The van der Waals surface area contributed by atoms with Crippen LogP contribution < -0.4 is 14.2 Å². The average molecular weight is 822 g/mol. The monoisotopic (exact) mass is 821 g/mol. The highest BCUT2D eigenvalue weighted by atomic mass is 16.5. The Bertz CT molecular complexity index is 2910. The largest absolute Gasteiger partial charge is 0.497 e. The van der Waals surface area contributed by atoms with Crippen LogP contribution in [-0.2, 0) is 10.2 Å². The molecule has 0 aliphatic heterocycles. The van der Waals surface area contributed by atoms with Crippen molar-refractivity contribution in [3.05, 3.63) is 238 Å². The van der Waals surface area contributed by atoms with Crippen molar-refractivity contribution in [2.75, 3.05) is 28.4 Å². The number of hydrogen-bond donors (Lipinski definition) is 0. The minimum atomic E-state index is -0.460. The minimum absolute atomic E-state index is 0.460. The summed E-state index contributed by atoms with van der Waals surface area (Å²) < 4.78 is 22.5. The summed E-state index contributed by atoms with van der Waals surface area (Å²) in [6, 6.07) is 52.0. The Kier molecular flexibility index (Phi) is 10.4. The maximum Gasteiger partial charge on any atom is 0.169 e. The number of rotatable bonds is 11. The molecular formula is C58H47NO4. The van der Waals surface area contributed by atoms with Gasteiger partial charge in [0.15, 0.2) is 5.76 Å². The number of allylic oxidation sites excluding steroid dienone is 9. The topological polar surface area (TPSA) is 40.2 Å². The van der Waals surface area contributed by atoms with Crippen LogP contribution in [0.5, 0.6) is 17.2 Å². The van der Waals surface area contributed by atoms with E-state index in [0.29, 0.717) is 12.2 Å². The lowest BCUT2D eigenvalue weighted by Crippen LogP contribution is -2.28. The van der Waals surface area contributed by atoms with Crippen molar-refractivity contribution in [1.29, 1.82) is 0 Å². The van der Waals surface area contributed by atoms with E-state index in [4.69, 9.17) is 18.9 Å². The lowest BCUT2D eigenvalue weighted by Gasteiger charge is -2.34. The molecule has 0 aromatic heterocycles. The summed E-state index contributed by atoms with van der Waals surface area (Å²) in [6.45, 7) is 0. The van der Waals surface area contributed by atoms with Gasteiger partial charge in [-0.1, -0.05) is 121 Å². The number of ether oxygens (including phenoxy) is 4. The molecule has 0 saturated carbocycles. The third-order valence-electron chi connectivity index (χ3n) is 12.8. The van der Waals surface area contributed by atoms with E-state index in [-0.39, 0.29) is 0 Å². The lowest BCUT2D eigenvalue weighted by molar-refractivity contribution is 0.311. The van der Waals surface area contributed by atoms with Crippen LogP contribution >= 0.6 is 0 Å². The van der Waals surface area contributed by atoms with Crippen molar-refractivity contribution >= 4 is 16.7 Å². The molecule has 1 spiro atoms. The second kappa shape index (κ2) is 16.6. The molecule has 0 fully saturated rings. The van der Waals surface area contributed by atoms with Gasteiger partial charge in [0.1, 0.15) is 17.2 Å². The fraction of sp³-hybridized carbons (Fsp3) is 0.138. The van der Waals surface area contributed by atoms with Gasteiger partial charge in [0.05, 0.1) is 33.9 Å². The zero-order chi connectivity index (χ0) is 42.9. The van der Waals surface area contributed by atoms with Crippen LogP contribution in [0, 0.1) is 11.8 Å². The summed E-state index contributed by atoms with van der Waals surface area (Å²) in [6.07, 6.45) is 13.4. The second-order valence-corrected chi connectivity index (χ2v) is 16.0. The predicted molar refractivity (Wildman–Crippen MR) is 254 cm³/mol. The van der Waals surface area contributed by atoms with E-state index >= 15 is 0 Å². The molecule has 0 heterocycles. The number of methoxy groups -OCH3 is 4. The molecular weight excluding hydrogens is 775 g/mol. The van der Waals surface area contributed by atoms with Gasteiger partial charge in [-0.2, -0.15) is 0 Å². The first kappa shape index (κ1) is 39.5. The molecule has 5 heteroatoms. The molecule has 0 saturated heterocycles. The molecule has 0 radical (unpaired) electrons. The summed E-state index contributed by atoms with van der Waals surface area (Å²) in [5.74, 6) is 9.60. The van der Waals surface area contributed by atoms with Gasteiger partial charge in [-0.05, 0) is 134 Å². The average Bonchev–Trinajstić information content (AvgIpc) is 3.68. The van der Waals surface area contributed by atoms with Gasteiger partial charge >= 0.3 is 0 Å². The molecule has 6 aromatic carbocycles. The van der Waals surface area contributed by atoms with Crippen molar-refractivity contribution in [3.8, 4) is 40.2 Å². The summed E-state index contributed by atoms with van der Waals surface area (Å²) in [5, 5.41) is 0. The number of fused-ring (bicyclic) bond motifs is 9. The van der Waals surface area contributed by atoms with Crippen molar-refractivity contribution in [1.82, 2.24) is 4.90 Å². The van der Waals surface area contributed by atoms with Gasteiger partial charge in [0, 0.05) is 35.7 Å². The predicted octanol–water partition coefficient (Wildman–Crippen LogP) is 12.8. The Morgan fingerprint density at radius 1 is 0.524 bits per heavy atom. The first-order chi connectivity index (χ1) is 31.0. The van der Waals surface area contributed by atoms with E-state index in [1.807, 2.05) is 42.5 Å². The van der Waals surface area contributed by atoms with E-state index in [0.717, 1.165) is 63.5 Å². The Morgan fingerprint density at radius 3 is 1.52 bits per heavy atom. The van der Waals surface area contributed by atoms with Crippen LogP contribution in [0.3, 0.4) is 0 Å². The van der Waals surface area contributed by atoms with Gasteiger partial charge < -0.3 is 23.8 Å². The first-order valence-corrected chi connectivity index (χ1v) is 21.4. The van der Waals surface area contributed by atoms with Crippen LogP contribution in [0.1, 0.15) is 58.2 Å². The number of hydrogen-bond acceptors (Lipinski definition) is 5. The molecule has 0 amide bonds. The normalized spacial score (nSPS) is 15.2. The molecule has 308 valence electrons. The third-order valence-corrected chi connectivity index (χ3v) is 12.8. The third kappa shape index (κ3) is 6.85. The van der Waals surface area contributed by atoms with Crippen LogP contribution in [0.2, 0.25) is 0 Å². The molecule has 4 aliphatic carbocycles. The van der Waals surface area contributed by atoms with E-state index < -0.39 is 5.41 Å². The van der Waals surface area contributed by atoms with Crippen molar-refractivity contribution < 1.29 is 18.9 Å². The van der Waals surface area contributed by atoms with E-state index in [1.54, 1.807) is 28.4 Å². The molecule has 0 atom stereocenters. The Balaban J connectivity index is 1.25. The standard InChI is InChI=1S/C58H47NO4/c1-60-44-13-11-12-39(20-28-44)52(40-21-29-45(61-2)30-22-40)37-59(38-53(41-23-31-46(62-3)32-24-41)42-25-33-47(63-4)34-26-42)43-27-35-51-50-16-7-10-19-56(50)58(57(51)36-43)54-17-8-5-14-48(54)49-15-6-9-18-55(49)58/h5-10,14-26,28-34,36-38H,12,27,35H2,1-4H3/b52-37+. The second-order valence-electron chi connectivity index (χ2n) is 16.0. The molecule has 63 heavy (non-hydrogen) atoms. The van der Waals surface area contributed by atoms with Crippen LogP contribution in [0.4, 0.5) is 0 Å². The van der Waals surface area contributed by atoms with Crippen molar-refractivity contribution in [3.63, 3.8) is 0 Å². The Labute approximate surface area is 370 Å². The molecule has 5 nitrogen and oxygen atoms in total. The van der Waals surface area contributed by atoms with Gasteiger partial charge in [0.25, 0.3) is 0 Å². The van der Waals surface area contributed by atoms with Crippen LogP contribution in [-0.4, -0.2) is 33.3 Å². The maximum atomic E-state index is 5.63. The maximum absolute atomic E-state index is 5.63. The van der Waals surface area contributed by atoms with Gasteiger partial charge in [0.2, 0.25) is 0 Å². The molecule has 0 N–H and O–H groups in total. The zero-order valence-corrected chi connectivity index (χ0v) is 35.9. The molecule has 0 unspecified atom stereocenters. The van der Waals surface area contributed by atoms with Gasteiger partial charge in [-0.3, -0.25) is 0 Å². The summed E-state index contributed by atoms with van der Waals surface area (Å²) in [5.41, 5.74) is 17.7. The lowest BCUT2D eigenvalue weighted by atomic mass is 9.69. The molecule has 4 aliphatic rings. The summed E-state index contributed by atoms with van der Waals surface area (Å²) in [4.78, 5) is 2.37. The minimum Gasteiger partial charge on any atom is -0.497 e. The first-order valence-electron chi connectivity index (χ1n) is 21.4. The van der Waals surface area contributed by atoms with E-state index in [9.17, 15) is 0 Å². The van der Waals surface area contributed by atoms with E-state index in [1.165, 1.54) is 50.2 Å². The highest BCUT2D eigenvalue weighted by Gasteiger charge is 2.52. The van der Waals surface area contributed by atoms with Gasteiger partial charge in [-0.25, -0.2) is 0 Å². The number of benzene rings is 6. The fourth-order valence-corrected chi connectivity index (χ4v) is 9.82. The Morgan fingerprint density at radius 2 is 1.00 bits per heavy atom. The highest BCUT2D eigenvalue weighted by Crippen LogP contribution is 2.63. The van der Waals surface area contributed by atoms with Gasteiger partial charge in [-0.15, -0.1) is 0 Å². The summed E-state index contributed by atoms with van der Waals surface area (Å²) in [7, 11) is 6.77. The smallest absolute Gasteiger partial charge is 0.169 e. The van der Waals surface area contributed by atoms with Crippen LogP contribution in [0.15, 0.2) is 199 Å². The summed E-state index contributed by atoms with van der Waals surface area (Å²) >= 11 is 0. The molecule has 10 rings (SSSR count). The van der Waals surface area contributed by atoms with E-state index in [2.05, 4.69) is 150 Å². The van der Waals surface area contributed by atoms with Crippen LogP contribution in [0.25, 0.3) is 27.8 Å². The van der Waals surface area contributed by atoms with Crippen molar-refractivity contribution in [2.45, 2.75) is 24.7 Å². The fourth-order valence-electron chi connectivity index (χ4n) is 9.82.